The zero-order valence-electron chi connectivity index (χ0n) is 15.4. The Morgan fingerprint density at radius 1 is 1.14 bits per heavy atom. The average Bonchev–Trinajstić information content (AvgIpc) is 3.38. The molecule has 0 fully saturated rings. The predicted molar refractivity (Wildman–Crippen MR) is 106 cm³/mol. The van der Waals surface area contributed by atoms with Gasteiger partial charge in [0.05, 0.1) is 4.92 Å². The quantitative estimate of drug-likeness (QED) is 0.521. The highest BCUT2D eigenvalue weighted by molar-refractivity contribution is 5.78. The summed E-state index contributed by atoms with van der Waals surface area (Å²) >= 11 is 0. The molecule has 2 aliphatic heterocycles. The van der Waals surface area contributed by atoms with E-state index in [1.807, 2.05) is 47.4 Å². The Balaban J connectivity index is 1.45. The van der Waals surface area contributed by atoms with E-state index < -0.39 is 4.92 Å². The first-order valence-corrected chi connectivity index (χ1v) is 9.18. The van der Waals surface area contributed by atoms with Gasteiger partial charge in [-0.2, -0.15) is 0 Å². The van der Waals surface area contributed by atoms with Crippen LogP contribution in [0.2, 0.25) is 0 Å². The molecule has 146 valence electrons. The molecular formula is C20H17N5O4. The van der Waals surface area contributed by atoms with Gasteiger partial charge in [0.1, 0.15) is 6.33 Å². The summed E-state index contributed by atoms with van der Waals surface area (Å²) in [5.74, 6) is 1.83. The predicted octanol–water partition coefficient (Wildman–Crippen LogP) is 3.42. The maximum atomic E-state index is 11.9. The lowest BCUT2D eigenvalue weighted by atomic mass is 10.2. The van der Waals surface area contributed by atoms with Crippen molar-refractivity contribution in [1.29, 1.82) is 0 Å². The lowest BCUT2D eigenvalue weighted by Crippen LogP contribution is -2.18. The maximum absolute atomic E-state index is 11.9. The fourth-order valence-electron chi connectivity index (χ4n) is 3.66. The van der Waals surface area contributed by atoms with E-state index in [1.54, 1.807) is 0 Å². The highest BCUT2D eigenvalue weighted by Crippen LogP contribution is 2.40. The van der Waals surface area contributed by atoms with Crippen LogP contribution in [0.4, 0.5) is 23.0 Å². The first kappa shape index (κ1) is 17.2. The summed E-state index contributed by atoms with van der Waals surface area (Å²) in [7, 11) is 0. The molecule has 0 radical (unpaired) electrons. The molecule has 0 aliphatic carbocycles. The smallest absolute Gasteiger partial charge is 0.353 e. The van der Waals surface area contributed by atoms with Crippen molar-refractivity contribution >= 4 is 23.0 Å². The molecule has 29 heavy (non-hydrogen) atoms. The van der Waals surface area contributed by atoms with Gasteiger partial charge in [-0.1, -0.05) is 24.3 Å². The number of anilines is 3. The van der Waals surface area contributed by atoms with Crippen molar-refractivity contribution in [2.45, 2.75) is 13.0 Å². The number of fused-ring (bicyclic) bond motifs is 2. The number of rotatable bonds is 5. The summed E-state index contributed by atoms with van der Waals surface area (Å²) in [4.78, 5) is 21.7. The number of benzene rings is 2. The molecule has 9 heteroatoms. The van der Waals surface area contributed by atoms with Crippen molar-refractivity contribution in [3.63, 3.8) is 0 Å². The minimum atomic E-state index is -0.432. The lowest BCUT2D eigenvalue weighted by molar-refractivity contribution is -0.383. The topological polar surface area (TPSA) is 103 Å². The summed E-state index contributed by atoms with van der Waals surface area (Å²) in [6.45, 7) is 1.19. The zero-order chi connectivity index (χ0) is 19.8. The molecule has 0 unspecified atom stereocenters. The van der Waals surface area contributed by atoms with Gasteiger partial charge in [0, 0.05) is 18.8 Å². The molecule has 3 heterocycles. The van der Waals surface area contributed by atoms with Crippen molar-refractivity contribution in [2.24, 2.45) is 0 Å². The number of aromatic nitrogens is 2. The monoisotopic (exact) mass is 391 g/mol. The van der Waals surface area contributed by atoms with E-state index >= 15 is 0 Å². The molecule has 5 rings (SSSR count). The van der Waals surface area contributed by atoms with Crippen LogP contribution in [0.5, 0.6) is 11.5 Å². The second kappa shape index (κ2) is 6.93. The van der Waals surface area contributed by atoms with Crippen molar-refractivity contribution in [3.8, 4) is 11.5 Å². The number of nitrogens with zero attached hydrogens (tertiary/aromatic N) is 4. The second-order valence-corrected chi connectivity index (χ2v) is 6.72. The fraction of sp³-hybridized carbons (Fsp3) is 0.200. The van der Waals surface area contributed by atoms with Gasteiger partial charge in [-0.3, -0.25) is 10.1 Å². The van der Waals surface area contributed by atoms with Gasteiger partial charge in [0.15, 0.2) is 11.5 Å². The molecule has 9 nitrogen and oxygen atoms in total. The molecule has 2 aromatic carbocycles. The molecule has 0 bridgehead atoms. The van der Waals surface area contributed by atoms with Crippen LogP contribution in [0.25, 0.3) is 0 Å². The second-order valence-electron chi connectivity index (χ2n) is 6.72. The van der Waals surface area contributed by atoms with E-state index in [-0.39, 0.29) is 18.3 Å². The highest BCUT2D eigenvalue weighted by atomic mass is 16.7. The molecule has 0 amide bonds. The third kappa shape index (κ3) is 3.06. The van der Waals surface area contributed by atoms with E-state index in [9.17, 15) is 10.1 Å². The SMILES string of the molecule is O=[N+]([O-])c1c(NCc2ccc3c(c2)OCO3)ncnc1N1CCc2ccccc21. The fourth-order valence-corrected chi connectivity index (χ4v) is 3.66. The van der Waals surface area contributed by atoms with Crippen LogP contribution in [0.3, 0.4) is 0 Å². The van der Waals surface area contributed by atoms with Gasteiger partial charge >= 0.3 is 5.69 Å². The van der Waals surface area contributed by atoms with E-state index in [0.29, 0.717) is 30.4 Å². The van der Waals surface area contributed by atoms with Crippen molar-refractivity contribution in [1.82, 2.24) is 9.97 Å². The summed E-state index contributed by atoms with van der Waals surface area (Å²) in [5, 5.41) is 15.0. The van der Waals surface area contributed by atoms with Gasteiger partial charge in [0.25, 0.3) is 0 Å². The number of para-hydroxylation sites is 1. The van der Waals surface area contributed by atoms with E-state index in [1.165, 1.54) is 6.33 Å². The Bertz CT molecular complexity index is 1100. The Labute approximate surface area is 166 Å². The molecular weight excluding hydrogens is 374 g/mol. The third-order valence-electron chi connectivity index (χ3n) is 5.03. The normalized spacial score (nSPS) is 14.0. The number of nitrogens with one attached hydrogen (secondary N) is 1. The van der Waals surface area contributed by atoms with E-state index in [0.717, 1.165) is 23.2 Å². The first-order valence-electron chi connectivity index (χ1n) is 9.18. The standard InChI is InChI=1S/C20H17N5O4/c26-25(27)18-19(21-10-13-5-6-16-17(9-13)29-12-28-16)22-11-23-20(18)24-8-7-14-3-1-2-4-15(14)24/h1-6,9,11H,7-8,10,12H2,(H,21,22,23). The molecule has 0 atom stereocenters. The van der Waals surface area contributed by atoms with Gasteiger partial charge < -0.3 is 19.7 Å². The Hall–Kier alpha value is -3.88. The largest absolute Gasteiger partial charge is 0.454 e. The highest BCUT2D eigenvalue weighted by Gasteiger charge is 2.31. The van der Waals surface area contributed by atoms with Crippen LogP contribution in [0, 0.1) is 10.1 Å². The zero-order valence-corrected chi connectivity index (χ0v) is 15.4. The van der Waals surface area contributed by atoms with Crippen LogP contribution in [0.15, 0.2) is 48.8 Å². The number of hydrogen-bond donors (Lipinski definition) is 1. The Kier molecular flexibility index (Phi) is 4.12. The van der Waals surface area contributed by atoms with Crippen LogP contribution < -0.4 is 19.7 Å². The third-order valence-corrected chi connectivity index (χ3v) is 5.03. The molecule has 0 saturated carbocycles. The van der Waals surface area contributed by atoms with E-state index in [4.69, 9.17) is 9.47 Å². The van der Waals surface area contributed by atoms with Crippen LogP contribution in [0.1, 0.15) is 11.1 Å². The minimum Gasteiger partial charge on any atom is -0.454 e. The summed E-state index contributed by atoms with van der Waals surface area (Å²) in [6.07, 6.45) is 2.17. The minimum absolute atomic E-state index is 0.134. The number of hydrogen-bond acceptors (Lipinski definition) is 8. The van der Waals surface area contributed by atoms with Gasteiger partial charge in [-0.25, -0.2) is 9.97 Å². The molecule has 2 aliphatic rings. The van der Waals surface area contributed by atoms with Crippen molar-refractivity contribution in [3.05, 3.63) is 70.0 Å². The van der Waals surface area contributed by atoms with Crippen molar-refractivity contribution < 1.29 is 14.4 Å². The number of nitro groups is 1. The lowest BCUT2D eigenvalue weighted by Gasteiger charge is -2.19. The molecule has 3 aromatic rings. The van der Waals surface area contributed by atoms with Gasteiger partial charge in [0.2, 0.25) is 18.4 Å². The van der Waals surface area contributed by atoms with Crippen LogP contribution in [-0.4, -0.2) is 28.2 Å². The van der Waals surface area contributed by atoms with Crippen LogP contribution in [-0.2, 0) is 13.0 Å². The van der Waals surface area contributed by atoms with Crippen LogP contribution >= 0.6 is 0 Å². The maximum Gasteiger partial charge on any atom is 0.353 e. The summed E-state index contributed by atoms with van der Waals surface area (Å²) in [6, 6.07) is 13.4. The summed E-state index contributed by atoms with van der Waals surface area (Å²) in [5.41, 5.74) is 2.85. The molecule has 1 aromatic heterocycles. The summed E-state index contributed by atoms with van der Waals surface area (Å²) < 4.78 is 10.7. The van der Waals surface area contributed by atoms with Gasteiger partial charge in [-0.15, -0.1) is 0 Å². The Morgan fingerprint density at radius 3 is 2.90 bits per heavy atom. The molecule has 1 N–H and O–H groups in total. The molecule has 0 spiro atoms. The van der Waals surface area contributed by atoms with E-state index in [2.05, 4.69) is 15.3 Å². The first-order chi connectivity index (χ1) is 14.2. The average molecular weight is 391 g/mol. The molecule has 0 saturated heterocycles. The van der Waals surface area contributed by atoms with Gasteiger partial charge in [-0.05, 0) is 35.7 Å². The number of ether oxygens (including phenoxy) is 2. The van der Waals surface area contributed by atoms with Crippen molar-refractivity contribution in [2.75, 3.05) is 23.6 Å². The Morgan fingerprint density at radius 2 is 2.00 bits per heavy atom.